The second kappa shape index (κ2) is 4.94. The van der Waals surface area contributed by atoms with Crippen molar-refractivity contribution in [2.24, 2.45) is 0 Å². The summed E-state index contributed by atoms with van der Waals surface area (Å²) in [5.74, 6) is 0. The van der Waals surface area contributed by atoms with Crippen molar-refractivity contribution in [2.45, 2.75) is 31.9 Å². The molecule has 1 unspecified atom stereocenters. The monoisotopic (exact) mass is 187 g/mol. The average molecular weight is 187 g/mol. The lowest BCUT2D eigenvalue weighted by Crippen LogP contribution is -2.56. The molecule has 1 saturated heterocycles. The van der Waals surface area contributed by atoms with Crippen LogP contribution in [0.1, 0.15) is 26.2 Å². The molecular formula is C10H21NO2. The Kier molecular flexibility index (Phi) is 4.16. The van der Waals surface area contributed by atoms with Crippen LogP contribution in [-0.4, -0.2) is 44.5 Å². The zero-order chi connectivity index (χ0) is 9.73. The van der Waals surface area contributed by atoms with Gasteiger partial charge in [0.1, 0.15) is 5.72 Å². The number of rotatable bonds is 4. The summed E-state index contributed by atoms with van der Waals surface area (Å²) in [7, 11) is 3.89. The molecule has 0 aromatic rings. The third-order valence-electron chi connectivity index (χ3n) is 2.90. The topological polar surface area (TPSA) is 21.7 Å². The Morgan fingerprint density at radius 3 is 2.85 bits per heavy atom. The van der Waals surface area contributed by atoms with Gasteiger partial charge in [-0.3, -0.25) is 4.90 Å². The molecule has 0 aromatic heterocycles. The first-order valence-electron chi connectivity index (χ1n) is 5.09. The van der Waals surface area contributed by atoms with Crippen LogP contribution in [0.15, 0.2) is 0 Å². The van der Waals surface area contributed by atoms with Gasteiger partial charge in [-0.05, 0) is 19.9 Å². The second-order valence-corrected chi connectivity index (χ2v) is 3.73. The van der Waals surface area contributed by atoms with Gasteiger partial charge in [0.15, 0.2) is 0 Å². The summed E-state index contributed by atoms with van der Waals surface area (Å²) < 4.78 is 11.1. The van der Waals surface area contributed by atoms with Crippen molar-refractivity contribution < 1.29 is 9.47 Å². The molecule has 0 spiro atoms. The van der Waals surface area contributed by atoms with Crippen molar-refractivity contribution in [3.63, 3.8) is 0 Å². The Hall–Kier alpha value is -0.120. The molecule has 13 heavy (non-hydrogen) atoms. The van der Waals surface area contributed by atoms with E-state index in [1.54, 1.807) is 7.11 Å². The molecule has 1 rings (SSSR count). The lowest BCUT2D eigenvalue weighted by atomic mass is 10.0. The standard InChI is InChI=1S/C10H21NO2/c1-4-5-6-10(12-3)9-13-8-7-11(10)2/h4-9H2,1-3H3. The Morgan fingerprint density at radius 2 is 2.31 bits per heavy atom. The molecule has 0 aliphatic carbocycles. The molecule has 0 amide bonds. The molecule has 0 bridgehead atoms. The van der Waals surface area contributed by atoms with Gasteiger partial charge in [-0.1, -0.05) is 13.3 Å². The molecule has 1 aliphatic heterocycles. The molecule has 0 N–H and O–H groups in total. The van der Waals surface area contributed by atoms with Crippen LogP contribution < -0.4 is 0 Å². The smallest absolute Gasteiger partial charge is 0.144 e. The largest absolute Gasteiger partial charge is 0.376 e. The predicted molar refractivity (Wildman–Crippen MR) is 52.7 cm³/mol. The summed E-state index contributed by atoms with van der Waals surface area (Å²) in [6, 6.07) is 0. The van der Waals surface area contributed by atoms with Crippen LogP contribution in [0.3, 0.4) is 0 Å². The van der Waals surface area contributed by atoms with E-state index in [9.17, 15) is 0 Å². The minimum atomic E-state index is -0.158. The van der Waals surface area contributed by atoms with Gasteiger partial charge in [-0.2, -0.15) is 0 Å². The van der Waals surface area contributed by atoms with E-state index in [-0.39, 0.29) is 5.72 Å². The lowest BCUT2D eigenvalue weighted by molar-refractivity contribution is -0.201. The fourth-order valence-electron chi connectivity index (χ4n) is 1.78. The van der Waals surface area contributed by atoms with E-state index >= 15 is 0 Å². The Morgan fingerprint density at radius 1 is 1.54 bits per heavy atom. The van der Waals surface area contributed by atoms with Crippen LogP contribution in [0.2, 0.25) is 0 Å². The maximum absolute atomic E-state index is 5.59. The third-order valence-corrected chi connectivity index (χ3v) is 2.90. The molecule has 78 valence electrons. The Bertz CT molecular complexity index is 152. The van der Waals surface area contributed by atoms with Crippen molar-refractivity contribution in [3.8, 4) is 0 Å². The average Bonchev–Trinajstić information content (AvgIpc) is 2.17. The van der Waals surface area contributed by atoms with Gasteiger partial charge in [0.25, 0.3) is 0 Å². The Labute approximate surface area is 81.0 Å². The van der Waals surface area contributed by atoms with Crippen LogP contribution in [0.25, 0.3) is 0 Å². The molecule has 3 nitrogen and oxygen atoms in total. The van der Waals surface area contributed by atoms with Crippen molar-refractivity contribution >= 4 is 0 Å². The molecule has 0 radical (unpaired) electrons. The number of hydrogen-bond acceptors (Lipinski definition) is 3. The van der Waals surface area contributed by atoms with E-state index in [0.29, 0.717) is 6.61 Å². The first kappa shape index (κ1) is 11.0. The minimum absolute atomic E-state index is 0.158. The number of morpholine rings is 1. The highest BCUT2D eigenvalue weighted by molar-refractivity contribution is 4.82. The molecule has 1 fully saturated rings. The van der Waals surface area contributed by atoms with Gasteiger partial charge in [0, 0.05) is 13.7 Å². The molecule has 1 aliphatic rings. The van der Waals surface area contributed by atoms with E-state index in [2.05, 4.69) is 18.9 Å². The molecule has 1 heterocycles. The van der Waals surface area contributed by atoms with Crippen molar-refractivity contribution in [3.05, 3.63) is 0 Å². The van der Waals surface area contributed by atoms with E-state index < -0.39 is 0 Å². The lowest BCUT2D eigenvalue weighted by Gasteiger charge is -2.43. The zero-order valence-electron chi connectivity index (χ0n) is 9.01. The third kappa shape index (κ3) is 2.42. The highest BCUT2D eigenvalue weighted by Gasteiger charge is 2.36. The van der Waals surface area contributed by atoms with Crippen LogP contribution in [0.5, 0.6) is 0 Å². The summed E-state index contributed by atoms with van der Waals surface area (Å²) >= 11 is 0. The minimum Gasteiger partial charge on any atom is -0.376 e. The van der Waals surface area contributed by atoms with E-state index in [4.69, 9.17) is 9.47 Å². The fourth-order valence-corrected chi connectivity index (χ4v) is 1.78. The van der Waals surface area contributed by atoms with Crippen LogP contribution in [0, 0.1) is 0 Å². The summed E-state index contributed by atoms with van der Waals surface area (Å²) in [4.78, 5) is 2.27. The second-order valence-electron chi connectivity index (χ2n) is 3.73. The van der Waals surface area contributed by atoms with Gasteiger partial charge in [-0.15, -0.1) is 0 Å². The molecule has 0 aromatic carbocycles. The Balaban J connectivity index is 2.53. The summed E-state index contributed by atoms with van der Waals surface area (Å²) in [6.07, 6.45) is 3.47. The summed E-state index contributed by atoms with van der Waals surface area (Å²) in [5.41, 5.74) is -0.158. The number of methoxy groups -OCH3 is 1. The summed E-state index contributed by atoms with van der Waals surface area (Å²) in [5, 5.41) is 0. The number of ether oxygens (including phenoxy) is 2. The molecule has 0 saturated carbocycles. The van der Waals surface area contributed by atoms with Gasteiger partial charge >= 0.3 is 0 Å². The SMILES string of the molecule is CCCCC1(OC)COCCN1C. The van der Waals surface area contributed by atoms with Crippen molar-refractivity contribution in [2.75, 3.05) is 33.9 Å². The van der Waals surface area contributed by atoms with Gasteiger partial charge in [0.2, 0.25) is 0 Å². The molecular weight excluding hydrogens is 166 g/mol. The fraction of sp³-hybridized carbons (Fsp3) is 1.00. The van der Waals surface area contributed by atoms with Crippen LogP contribution in [-0.2, 0) is 9.47 Å². The maximum atomic E-state index is 5.59. The van der Waals surface area contributed by atoms with E-state index in [1.807, 2.05) is 0 Å². The number of hydrogen-bond donors (Lipinski definition) is 0. The van der Waals surface area contributed by atoms with Gasteiger partial charge < -0.3 is 9.47 Å². The van der Waals surface area contributed by atoms with E-state index in [1.165, 1.54) is 12.8 Å². The van der Waals surface area contributed by atoms with Gasteiger partial charge in [0.05, 0.1) is 13.2 Å². The highest BCUT2D eigenvalue weighted by Crippen LogP contribution is 2.25. The zero-order valence-corrected chi connectivity index (χ0v) is 9.01. The van der Waals surface area contributed by atoms with Gasteiger partial charge in [-0.25, -0.2) is 0 Å². The first-order valence-corrected chi connectivity index (χ1v) is 5.09. The van der Waals surface area contributed by atoms with Crippen molar-refractivity contribution in [1.29, 1.82) is 0 Å². The first-order chi connectivity index (χ1) is 6.25. The highest BCUT2D eigenvalue weighted by atomic mass is 16.6. The normalized spacial score (nSPS) is 30.7. The quantitative estimate of drug-likeness (QED) is 0.665. The maximum Gasteiger partial charge on any atom is 0.144 e. The van der Waals surface area contributed by atoms with Crippen molar-refractivity contribution in [1.82, 2.24) is 4.90 Å². The number of likely N-dealkylation sites (N-methyl/N-ethyl adjacent to an activating group) is 1. The van der Waals surface area contributed by atoms with E-state index in [0.717, 1.165) is 19.6 Å². The summed E-state index contributed by atoms with van der Waals surface area (Å²) in [6.45, 7) is 4.71. The number of nitrogens with zero attached hydrogens (tertiary/aromatic N) is 1. The molecule has 1 atom stereocenters. The predicted octanol–water partition coefficient (Wildman–Crippen LogP) is 1.48. The van der Waals surface area contributed by atoms with Crippen LogP contribution >= 0.6 is 0 Å². The molecule has 3 heteroatoms. The van der Waals surface area contributed by atoms with Crippen LogP contribution in [0.4, 0.5) is 0 Å². The number of unbranched alkanes of at least 4 members (excludes halogenated alkanes) is 1.